The molecule has 0 aromatic heterocycles. The Hall–Kier alpha value is -0.660. The van der Waals surface area contributed by atoms with Crippen molar-refractivity contribution in [1.82, 2.24) is 4.90 Å². The third-order valence-corrected chi connectivity index (χ3v) is 3.76. The number of halogens is 1. The standard InChI is InChI=1S/C11H18FN3/c12-9-7-15(8-9)10-1-3-11(14,4-2-10)5-6-13/h9-10H,1-5,7-8,14H2/t10-,11-. The van der Waals surface area contributed by atoms with Gasteiger partial charge in [0.1, 0.15) is 6.17 Å². The molecule has 4 heteroatoms. The maximum absolute atomic E-state index is 12.7. The fourth-order valence-corrected chi connectivity index (χ4v) is 2.63. The summed E-state index contributed by atoms with van der Waals surface area (Å²) in [6.07, 6.45) is 3.67. The maximum Gasteiger partial charge on any atom is 0.125 e. The second-order valence-electron chi connectivity index (χ2n) is 4.98. The number of hydrogen-bond donors (Lipinski definition) is 1. The van der Waals surface area contributed by atoms with Gasteiger partial charge < -0.3 is 5.73 Å². The van der Waals surface area contributed by atoms with Crippen LogP contribution in [0.2, 0.25) is 0 Å². The van der Waals surface area contributed by atoms with Crippen LogP contribution in [0.25, 0.3) is 0 Å². The molecule has 0 atom stereocenters. The Balaban J connectivity index is 1.80. The predicted molar refractivity (Wildman–Crippen MR) is 55.9 cm³/mol. The van der Waals surface area contributed by atoms with Crippen LogP contribution in [0.1, 0.15) is 32.1 Å². The molecular formula is C11H18FN3. The summed E-state index contributed by atoms with van der Waals surface area (Å²) in [7, 11) is 0. The summed E-state index contributed by atoms with van der Waals surface area (Å²) >= 11 is 0. The van der Waals surface area contributed by atoms with Crippen molar-refractivity contribution >= 4 is 0 Å². The number of nitriles is 1. The first-order valence-corrected chi connectivity index (χ1v) is 5.67. The van der Waals surface area contributed by atoms with E-state index in [2.05, 4.69) is 11.0 Å². The summed E-state index contributed by atoms with van der Waals surface area (Å²) in [6, 6.07) is 2.67. The summed E-state index contributed by atoms with van der Waals surface area (Å²) in [5.41, 5.74) is 5.83. The second-order valence-corrected chi connectivity index (χ2v) is 4.98. The topological polar surface area (TPSA) is 53.1 Å². The summed E-state index contributed by atoms with van der Waals surface area (Å²) in [4.78, 5) is 2.20. The van der Waals surface area contributed by atoms with Gasteiger partial charge in [-0.15, -0.1) is 0 Å². The molecule has 1 heterocycles. The van der Waals surface area contributed by atoms with Gasteiger partial charge in [0.2, 0.25) is 0 Å². The van der Waals surface area contributed by atoms with Crippen molar-refractivity contribution < 1.29 is 4.39 Å². The van der Waals surface area contributed by atoms with Gasteiger partial charge in [-0.1, -0.05) is 0 Å². The number of likely N-dealkylation sites (tertiary alicyclic amines) is 1. The predicted octanol–water partition coefficient (Wildman–Crippen LogP) is 1.19. The van der Waals surface area contributed by atoms with Crippen molar-refractivity contribution in [3.63, 3.8) is 0 Å². The van der Waals surface area contributed by atoms with Crippen molar-refractivity contribution in [3.05, 3.63) is 0 Å². The fourth-order valence-electron chi connectivity index (χ4n) is 2.63. The first-order chi connectivity index (χ1) is 7.13. The minimum absolute atomic E-state index is 0.273. The van der Waals surface area contributed by atoms with Gasteiger partial charge in [0.05, 0.1) is 12.5 Å². The molecule has 0 unspecified atom stereocenters. The molecule has 2 N–H and O–H groups in total. The lowest BCUT2D eigenvalue weighted by Crippen LogP contribution is -2.56. The number of nitrogens with zero attached hydrogens (tertiary/aromatic N) is 2. The zero-order valence-electron chi connectivity index (χ0n) is 8.95. The largest absolute Gasteiger partial charge is 0.324 e. The van der Waals surface area contributed by atoms with Crippen molar-refractivity contribution in [2.24, 2.45) is 5.73 Å². The Morgan fingerprint density at radius 3 is 2.47 bits per heavy atom. The molecule has 1 saturated carbocycles. The van der Waals surface area contributed by atoms with E-state index in [1.165, 1.54) is 0 Å². The van der Waals surface area contributed by atoms with E-state index in [-0.39, 0.29) is 5.54 Å². The van der Waals surface area contributed by atoms with Gasteiger partial charge in [0.15, 0.2) is 0 Å². The van der Waals surface area contributed by atoms with Crippen LogP contribution in [0.5, 0.6) is 0 Å². The Morgan fingerprint density at radius 2 is 2.00 bits per heavy atom. The first-order valence-electron chi connectivity index (χ1n) is 5.67. The van der Waals surface area contributed by atoms with Crippen molar-refractivity contribution in [1.29, 1.82) is 5.26 Å². The molecule has 0 spiro atoms. The van der Waals surface area contributed by atoms with Gasteiger partial charge in [-0.3, -0.25) is 4.90 Å². The van der Waals surface area contributed by atoms with E-state index in [1.54, 1.807) is 0 Å². The molecule has 1 saturated heterocycles. The second kappa shape index (κ2) is 4.07. The highest BCUT2D eigenvalue weighted by Gasteiger charge is 2.38. The highest BCUT2D eigenvalue weighted by Crippen LogP contribution is 2.33. The van der Waals surface area contributed by atoms with Crippen LogP contribution in [0.15, 0.2) is 0 Å². The smallest absolute Gasteiger partial charge is 0.125 e. The van der Waals surface area contributed by atoms with Gasteiger partial charge in [0.25, 0.3) is 0 Å². The SMILES string of the molecule is N#CC[C@]1(N)CC[C@H](N2CC(F)C2)CC1. The van der Waals surface area contributed by atoms with E-state index in [4.69, 9.17) is 11.0 Å². The summed E-state index contributed by atoms with van der Waals surface area (Å²) in [5, 5.41) is 8.66. The number of rotatable bonds is 2. The maximum atomic E-state index is 12.7. The normalized spacial score (nSPS) is 38.3. The number of hydrogen-bond acceptors (Lipinski definition) is 3. The van der Waals surface area contributed by atoms with E-state index >= 15 is 0 Å². The van der Waals surface area contributed by atoms with Crippen LogP contribution < -0.4 is 5.73 Å². The molecule has 0 aromatic rings. The molecule has 0 aromatic carbocycles. The lowest BCUT2D eigenvalue weighted by molar-refractivity contribution is 0.00597. The van der Waals surface area contributed by atoms with Crippen molar-refractivity contribution in [2.45, 2.75) is 49.9 Å². The first kappa shape index (κ1) is 10.8. The van der Waals surface area contributed by atoms with Crippen LogP contribution in [0.4, 0.5) is 4.39 Å². The van der Waals surface area contributed by atoms with Gasteiger partial charge in [-0.2, -0.15) is 5.26 Å². The Morgan fingerprint density at radius 1 is 1.40 bits per heavy atom. The van der Waals surface area contributed by atoms with Crippen LogP contribution in [0, 0.1) is 11.3 Å². The minimum atomic E-state index is -0.617. The lowest BCUT2D eigenvalue weighted by atomic mass is 9.77. The highest BCUT2D eigenvalue weighted by molar-refractivity contribution is 4.99. The Labute approximate surface area is 90.0 Å². The van der Waals surface area contributed by atoms with E-state index < -0.39 is 6.17 Å². The molecule has 15 heavy (non-hydrogen) atoms. The molecule has 1 aliphatic carbocycles. The molecule has 1 aliphatic heterocycles. The lowest BCUT2D eigenvalue weighted by Gasteiger charge is -2.45. The molecule has 2 fully saturated rings. The quantitative estimate of drug-likeness (QED) is 0.746. The summed E-state index contributed by atoms with van der Waals surface area (Å²) < 4.78 is 12.7. The van der Waals surface area contributed by atoms with Crippen LogP contribution >= 0.6 is 0 Å². The third-order valence-electron chi connectivity index (χ3n) is 3.76. The highest BCUT2D eigenvalue weighted by atomic mass is 19.1. The molecule has 2 rings (SSSR count). The molecule has 0 amide bonds. The monoisotopic (exact) mass is 211 g/mol. The van der Waals surface area contributed by atoms with E-state index in [0.717, 1.165) is 25.7 Å². The molecule has 2 aliphatic rings. The molecular weight excluding hydrogens is 193 g/mol. The van der Waals surface area contributed by atoms with Crippen LogP contribution in [0.3, 0.4) is 0 Å². The molecule has 84 valence electrons. The Kier molecular flexibility index (Phi) is 2.94. The van der Waals surface area contributed by atoms with Gasteiger partial charge in [-0.05, 0) is 25.7 Å². The fraction of sp³-hybridized carbons (Fsp3) is 0.909. The van der Waals surface area contributed by atoms with Crippen LogP contribution in [-0.2, 0) is 0 Å². The molecule has 0 bridgehead atoms. The zero-order chi connectivity index (χ0) is 10.9. The third kappa shape index (κ3) is 2.30. The average Bonchev–Trinajstić information content (AvgIpc) is 2.15. The Bertz CT molecular complexity index is 259. The number of nitrogens with two attached hydrogens (primary N) is 1. The van der Waals surface area contributed by atoms with Gasteiger partial charge in [0, 0.05) is 24.7 Å². The zero-order valence-corrected chi connectivity index (χ0v) is 8.95. The summed E-state index contributed by atoms with van der Waals surface area (Å²) in [5.74, 6) is 0. The molecule has 0 radical (unpaired) electrons. The molecule has 3 nitrogen and oxygen atoms in total. The average molecular weight is 211 g/mol. The van der Waals surface area contributed by atoms with Gasteiger partial charge >= 0.3 is 0 Å². The van der Waals surface area contributed by atoms with Crippen LogP contribution in [-0.4, -0.2) is 35.7 Å². The summed E-state index contributed by atoms with van der Waals surface area (Å²) in [6.45, 7) is 1.20. The van der Waals surface area contributed by atoms with E-state index in [9.17, 15) is 4.39 Å². The van der Waals surface area contributed by atoms with Crippen molar-refractivity contribution in [2.75, 3.05) is 13.1 Å². The van der Waals surface area contributed by atoms with Crippen molar-refractivity contribution in [3.8, 4) is 6.07 Å². The minimum Gasteiger partial charge on any atom is -0.324 e. The van der Waals surface area contributed by atoms with E-state index in [1.807, 2.05) is 0 Å². The van der Waals surface area contributed by atoms with Gasteiger partial charge in [-0.25, -0.2) is 4.39 Å². The number of alkyl halides is 1. The van der Waals surface area contributed by atoms with E-state index in [0.29, 0.717) is 25.6 Å².